The molecule has 0 radical (unpaired) electrons. The molecular formula is C21H17FN4O2S. The Morgan fingerprint density at radius 2 is 1.97 bits per heavy atom. The number of H-pyrrole nitrogens is 1. The molecule has 0 bridgehead atoms. The molecule has 4 N–H and O–H groups in total. The second-order valence-electron chi connectivity index (χ2n) is 6.48. The molecule has 0 spiro atoms. The van der Waals surface area contributed by atoms with Gasteiger partial charge in [0.15, 0.2) is 5.13 Å². The van der Waals surface area contributed by atoms with Crippen molar-refractivity contribution in [3.63, 3.8) is 0 Å². The third kappa shape index (κ3) is 4.02. The molecule has 4 aromatic rings. The normalized spacial score (nSPS) is 10.9. The van der Waals surface area contributed by atoms with E-state index < -0.39 is 5.91 Å². The molecule has 2 amide bonds. The number of nitrogens with one attached hydrogen (secondary N) is 2. The highest BCUT2D eigenvalue weighted by Crippen LogP contribution is 2.32. The van der Waals surface area contributed by atoms with Crippen LogP contribution in [0, 0.1) is 5.82 Å². The van der Waals surface area contributed by atoms with Crippen molar-refractivity contribution in [1.29, 1.82) is 0 Å². The summed E-state index contributed by atoms with van der Waals surface area (Å²) in [5.74, 6) is -1.17. The monoisotopic (exact) mass is 408 g/mol. The number of aryl methyl sites for hydroxylation is 1. The number of nitrogens with zero attached hydrogens (tertiary/aromatic N) is 1. The van der Waals surface area contributed by atoms with E-state index in [9.17, 15) is 14.0 Å². The molecule has 29 heavy (non-hydrogen) atoms. The zero-order valence-electron chi connectivity index (χ0n) is 15.2. The minimum Gasteiger partial charge on any atom is -0.365 e. The van der Waals surface area contributed by atoms with Crippen LogP contribution >= 0.6 is 11.3 Å². The molecule has 0 fully saturated rings. The van der Waals surface area contributed by atoms with Crippen molar-refractivity contribution in [2.24, 2.45) is 5.73 Å². The Morgan fingerprint density at radius 1 is 1.17 bits per heavy atom. The lowest BCUT2D eigenvalue weighted by atomic mass is 10.0. The third-order valence-electron chi connectivity index (χ3n) is 4.53. The molecule has 2 aromatic heterocycles. The number of carbonyl (C=O) groups is 2. The van der Waals surface area contributed by atoms with Crippen LogP contribution in [0.4, 0.5) is 9.52 Å². The summed E-state index contributed by atoms with van der Waals surface area (Å²) in [5, 5.41) is 3.74. The predicted molar refractivity (Wildman–Crippen MR) is 111 cm³/mol. The number of hydrogen-bond acceptors (Lipinski definition) is 4. The molecule has 146 valence electrons. The first-order valence-corrected chi connectivity index (χ1v) is 9.74. The van der Waals surface area contributed by atoms with Crippen molar-refractivity contribution >= 4 is 39.2 Å². The average Bonchev–Trinajstić information content (AvgIpc) is 3.31. The number of anilines is 1. The number of carbonyl (C=O) groups excluding carboxylic acids is 2. The first kappa shape index (κ1) is 18.8. The van der Waals surface area contributed by atoms with Crippen molar-refractivity contribution in [2.45, 2.75) is 12.8 Å². The molecular weight excluding hydrogens is 391 g/mol. The molecule has 0 saturated carbocycles. The largest absolute Gasteiger partial charge is 0.365 e. The highest BCUT2D eigenvalue weighted by molar-refractivity contribution is 7.17. The third-order valence-corrected chi connectivity index (χ3v) is 5.45. The van der Waals surface area contributed by atoms with Gasteiger partial charge in [0.1, 0.15) is 10.7 Å². The average molecular weight is 408 g/mol. The zero-order valence-corrected chi connectivity index (χ0v) is 16.1. The lowest BCUT2D eigenvalue weighted by Gasteiger charge is -2.06. The summed E-state index contributed by atoms with van der Waals surface area (Å²) < 4.78 is 13.8. The molecule has 2 heterocycles. The Balaban J connectivity index is 1.58. The van der Waals surface area contributed by atoms with Gasteiger partial charge in [0.05, 0.1) is 6.20 Å². The molecule has 0 atom stereocenters. The molecule has 4 rings (SSSR count). The fraction of sp³-hybridized carbons (Fsp3) is 0.0952. The Hall–Kier alpha value is -3.52. The van der Waals surface area contributed by atoms with E-state index in [2.05, 4.69) is 15.3 Å². The van der Waals surface area contributed by atoms with Crippen LogP contribution in [0.2, 0.25) is 0 Å². The Morgan fingerprint density at radius 3 is 2.69 bits per heavy atom. The second kappa shape index (κ2) is 7.84. The lowest BCUT2D eigenvalue weighted by molar-refractivity contribution is -0.116. The number of nitrogens with two attached hydrogens (primary N) is 1. The first-order chi connectivity index (χ1) is 14.0. The number of rotatable bonds is 6. The molecule has 6 nitrogen and oxygen atoms in total. The minimum atomic E-state index is -0.587. The van der Waals surface area contributed by atoms with Gasteiger partial charge in [-0.05, 0) is 35.7 Å². The maximum atomic E-state index is 13.8. The summed E-state index contributed by atoms with van der Waals surface area (Å²) in [7, 11) is 0. The van der Waals surface area contributed by atoms with Crippen molar-refractivity contribution in [3.8, 4) is 11.3 Å². The SMILES string of the molecule is NC(=O)c1cnc(NC(=O)CCc2c(-c3ccccc3)[nH]c3ccc(F)cc23)s1. The zero-order chi connectivity index (χ0) is 20.4. The van der Waals surface area contributed by atoms with E-state index in [-0.39, 0.29) is 23.0 Å². The number of aromatic amines is 1. The van der Waals surface area contributed by atoms with Crippen LogP contribution in [0.15, 0.2) is 54.7 Å². The number of aromatic nitrogens is 2. The first-order valence-electron chi connectivity index (χ1n) is 8.92. The number of halogens is 1. The van der Waals surface area contributed by atoms with Crippen LogP contribution in [0.3, 0.4) is 0 Å². The van der Waals surface area contributed by atoms with Crippen molar-refractivity contribution in [3.05, 3.63) is 71.0 Å². The van der Waals surface area contributed by atoms with Gasteiger partial charge in [-0.25, -0.2) is 9.37 Å². The second-order valence-corrected chi connectivity index (χ2v) is 7.51. The molecule has 2 aromatic carbocycles. The van der Waals surface area contributed by atoms with E-state index in [4.69, 9.17) is 5.73 Å². The van der Waals surface area contributed by atoms with Gasteiger partial charge in [-0.1, -0.05) is 41.7 Å². The number of hydrogen-bond donors (Lipinski definition) is 3. The van der Waals surface area contributed by atoms with Gasteiger partial charge in [0, 0.05) is 23.0 Å². The van der Waals surface area contributed by atoms with E-state index >= 15 is 0 Å². The fourth-order valence-electron chi connectivity index (χ4n) is 3.20. The van der Waals surface area contributed by atoms with Crippen LogP contribution in [0.5, 0.6) is 0 Å². The van der Waals surface area contributed by atoms with Crippen LogP contribution in [-0.4, -0.2) is 21.8 Å². The Bertz CT molecular complexity index is 1200. The fourth-order valence-corrected chi connectivity index (χ4v) is 3.88. The van der Waals surface area contributed by atoms with Gasteiger partial charge in [-0.3, -0.25) is 9.59 Å². The topological polar surface area (TPSA) is 101 Å². The maximum absolute atomic E-state index is 13.8. The molecule has 0 aliphatic heterocycles. The maximum Gasteiger partial charge on any atom is 0.260 e. The predicted octanol–water partition coefficient (Wildman–Crippen LogP) is 4.10. The highest BCUT2D eigenvalue weighted by atomic mass is 32.1. The Kier molecular flexibility index (Phi) is 5.09. The van der Waals surface area contributed by atoms with E-state index in [1.165, 1.54) is 18.3 Å². The number of primary amides is 1. The molecule has 0 aliphatic rings. The quantitative estimate of drug-likeness (QED) is 0.448. The van der Waals surface area contributed by atoms with Crippen LogP contribution in [0.1, 0.15) is 21.7 Å². The van der Waals surface area contributed by atoms with Gasteiger partial charge >= 0.3 is 0 Å². The number of thiazole rings is 1. The standard InChI is InChI=1S/C21H17FN4O2S/c22-13-6-8-16-15(10-13)14(19(25-16)12-4-2-1-3-5-12)7-9-18(27)26-21-24-11-17(29-21)20(23)28/h1-6,8,10-11,25H,7,9H2,(H2,23,28)(H,24,26,27). The Labute approximate surface area is 169 Å². The minimum absolute atomic E-state index is 0.175. The van der Waals surface area contributed by atoms with Crippen molar-refractivity contribution < 1.29 is 14.0 Å². The van der Waals surface area contributed by atoms with Crippen LogP contribution in [-0.2, 0) is 11.2 Å². The number of amides is 2. The summed E-state index contributed by atoms with van der Waals surface area (Å²) in [4.78, 5) is 31.1. The van der Waals surface area contributed by atoms with E-state index in [0.717, 1.165) is 39.1 Å². The van der Waals surface area contributed by atoms with Gasteiger partial charge in [0.25, 0.3) is 5.91 Å². The van der Waals surface area contributed by atoms with Crippen LogP contribution in [0.25, 0.3) is 22.2 Å². The molecule has 0 saturated heterocycles. The molecule has 0 unspecified atom stereocenters. The van der Waals surface area contributed by atoms with E-state index in [1.54, 1.807) is 6.07 Å². The summed E-state index contributed by atoms with van der Waals surface area (Å²) in [6, 6.07) is 14.3. The lowest BCUT2D eigenvalue weighted by Crippen LogP contribution is -2.12. The van der Waals surface area contributed by atoms with Crippen molar-refractivity contribution in [2.75, 3.05) is 5.32 Å². The van der Waals surface area contributed by atoms with Crippen molar-refractivity contribution in [1.82, 2.24) is 9.97 Å². The smallest absolute Gasteiger partial charge is 0.260 e. The molecule has 8 heteroatoms. The number of benzene rings is 2. The summed E-state index contributed by atoms with van der Waals surface area (Å²) in [6.45, 7) is 0. The van der Waals surface area contributed by atoms with Gasteiger partial charge in [-0.15, -0.1) is 0 Å². The van der Waals surface area contributed by atoms with Gasteiger partial charge < -0.3 is 16.0 Å². The van der Waals surface area contributed by atoms with Gasteiger partial charge in [-0.2, -0.15) is 0 Å². The summed E-state index contributed by atoms with van der Waals surface area (Å²) >= 11 is 1.02. The van der Waals surface area contributed by atoms with E-state index in [1.807, 2.05) is 30.3 Å². The summed E-state index contributed by atoms with van der Waals surface area (Å²) in [5.41, 5.74) is 8.72. The number of fused-ring (bicyclic) bond motifs is 1. The van der Waals surface area contributed by atoms with E-state index in [0.29, 0.717) is 11.6 Å². The van der Waals surface area contributed by atoms with Crippen LogP contribution < -0.4 is 11.1 Å². The van der Waals surface area contributed by atoms with Gasteiger partial charge in [0.2, 0.25) is 5.91 Å². The summed E-state index contributed by atoms with van der Waals surface area (Å²) in [6.07, 6.45) is 1.92. The highest BCUT2D eigenvalue weighted by Gasteiger charge is 2.16. The molecule has 0 aliphatic carbocycles.